The van der Waals surface area contributed by atoms with Crippen molar-refractivity contribution in [3.63, 3.8) is 0 Å². The van der Waals surface area contributed by atoms with E-state index in [4.69, 9.17) is 15.5 Å². The summed E-state index contributed by atoms with van der Waals surface area (Å²) >= 11 is 1.41. The van der Waals surface area contributed by atoms with Gasteiger partial charge >= 0.3 is 0 Å². The third-order valence-corrected chi connectivity index (χ3v) is 7.05. The van der Waals surface area contributed by atoms with Crippen LogP contribution in [0.4, 0.5) is 5.69 Å². The molecule has 0 radical (unpaired) electrons. The van der Waals surface area contributed by atoms with Crippen molar-refractivity contribution in [1.29, 1.82) is 0 Å². The predicted molar refractivity (Wildman–Crippen MR) is 131 cm³/mol. The number of rotatable bonds is 4. The average Bonchev–Trinajstić information content (AvgIpc) is 3.27. The molecule has 1 aliphatic carbocycles. The van der Waals surface area contributed by atoms with E-state index in [0.717, 1.165) is 11.3 Å². The van der Waals surface area contributed by atoms with Crippen LogP contribution < -0.4 is 5.73 Å². The maximum absolute atomic E-state index is 13.4. The van der Waals surface area contributed by atoms with Gasteiger partial charge < -0.3 is 10.5 Å². The smallest absolute Gasteiger partial charge is 0.269 e. The Labute approximate surface area is 200 Å². The average molecular weight is 474 g/mol. The Bertz CT molecular complexity index is 1370. The summed E-state index contributed by atoms with van der Waals surface area (Å²) in [6.07, 6.45) is 0.918. The van der Waals surface area contributed by atoms with Crippen molar-refractivity contribution < 1.29 is 14.5 Å². The van der Waals surface area contributed by atoms with Crippen LogP contribution >= 0.6 is 11.3 Å². The van der Waals surface area contributed by atoms with E-state index in [2.05, 4.69) is 0 Å². The SMILES string of the molecule is CC1(C)CC(=O)C2=C(C1)OC(N)=C(c1nc(-c3ccccc3)cs1)[C@H]2c1cccc([N+](=O)[O-])c1. The molecule has 0 bridgehead atoms. The molecule has 1 atom stereocenters. The number of allylic oxidation sites excluding steroid dienone is 3. The normalized spacial score (nSPS) is 19.6. The van der Waals surface area contributed by atoms with Crippen molar-refractivity contribution >= 4 is 28.4 Å². The lowest BCUT2D eigenvalue weighted by molar-refractivity contribution is -0.384. The highest BCUT2D eigenvalue weighted by Gasteiger charge is 2.44. The fraction of sp³-hybridized carbons (Fsp3) is 0.231. The Kier molecular flexibility index (Phi) is 5.32. The van der Waals surface area contributed by atoms with Crippen LogP contribution in [0, 0.1) is 15.5 Å². The van der Waals surface area contributed by atoms with E-state index in [-0.39, 0.29) is 22.8 Å². The van der Waals surface area contributed by atoms with Crippen LogP contribution in [0.2, 0.25) is 0 Å². The molecule has 5 rings (SSSR count). The number of ether oxygens (including phenoxy) is 1. The van der Waals surface area contributed by atoms with Crippen molar-refractivity contribution in [2.45, 2.75) is 32.6 Å². The van der Waals surface area contributed by atoms with E-state index >= 15 is 0 Å². The maximum Gasteiger partial charge on any atom is 0.269 e. The van der Waals surface area contributed by atoms with E-state index in [1.54, 1.807) is 12.1 Å². The first-order valence-electron chi connectivity index (χ1n) is 10.9. The van der Waals surface area contributed by atoms with Gasteiger partial charge in [-0.15, -0.1) is 11.3 Å². The highest BCUT2D eigenvalue weighted by molar-refractivity contribution is 7.11. The van der Waals surface area contributed by atoms with Gasteiger partial charge in [-0.05, 0) is 11.0 Å². The second-order valence-electron chi connectivity index (χ2n) is 9.35. The second-order valence-corrected chi connectivity index (χ2v) is 10.2. The zero-order chi connectivity index (χ0) is 24.0. The molecular weight excluding hydrogens is 450 g/mol. The predicted octanol–water partition coefficient (Wildman–Crippen LogP) is 5.80. The summed E-state index contributed by atoms with van der Waals surface area (Å²) in [5.41, 5.74) is 9.61. The lowest BCUT2D eigenvalue weighted by Gasteiger charge is -2.38. The van der Waals surface area contributed by atoms with Crippen LogP contribution in [0.3, 0.4) is 0 Å². The molecule has 1 aliphatic heterocycles. The molecule has 0 fully saturated rings. The van der Waals surface area contributed by atoms with Gasteiger partial charge in [-0.2, -0.15) is 0 Å². The molecule has 7 nitrogen and oxygen atoms in total. The van der Waals surface area contributed by atoms with Gasteiger partial charge in [-0.25, -0.2) is 4.98 Å². The van der Waals surface area contributed by atoms with Crippen LogP contribution in [0.5, 0.6) is 0 Å². The molecule has 172 valence electrons. The summed E-state index contributed by atoms with van der Waals surface area (Å²) in [6, 6.07) is 16.1. The van der Waals surface area contributed by atoms with Gasteiger partial charge in [0.15, 0.2) is 11.7 Å². The van der Waals surface area contributed by atoms with E-state index in [1.165, 1.54) is 23.5 Å². The molecule has 0 unspecified atom stereocenters. The van der Waals surface area contributed by atoms with Crippen molar-refractivity contribution in [2.75, 3.05) is 0 Å². The van der Waals surface area contributed by atoms with Gasteiger partial charge in [0, 0.05) is 47.4 Å². The largest absolute Gasteiger partial charge is 0.445 e. The number of nitrogens with zero attached hydrogens (tertiary/aromatic N) is 2. The molecule has 0 saturated carbocycles. The lowest BCUT2D eigenvalue weighted by Crippen LogP contribution is -2.33. The first-order valence-corrected chi connectivity index (χ1v) is 11.8. The number of hydrogen-bond acceptors (Lipinski definition) is 7. The third-order valence-electron chi connectivity index (χ3n) is 6.17. The Balaban J connectivity index is 1.68. The minimum absolute atomic E-state index is 0.0346. The molecule has 8 heteroatoms. The highest BCUT2D eigenvalue weighted by atomic mass is 32.1. The second kappa shape index (κ2) is 8.22. The quantitative estimate of drug-likeness (QED) is 0.379. The first-order chi connectivity index (χ1) is 16.2. The standard InChI is InChI=1S/C26H23N3O4S/c1-26(2)12-19(30)22-20(13-26)33-24(27)23(21(22)16-9-6-10-17(11-16)29(31)32)25-28-18(14-34-25)15-7-4-3-5-8-15/h3-11,14,21H,12-13,27H2,1-2H3/t21-/m0/s1. The Hall–Kier alpha value is -3.78. The topological polar surface area (TPSA) is 108 Å². The number of carbonyl (C=O) groups is 1. The number of nitrogens with two attached hydrogens (primary N) is 1. The minimum atomic E-state index is -0.595. The van der Waals surface area contributed by atoms with Crippen molar-refractivity contribution in [3.05, 3.63) is 97.9 Å². The first kappa shape index (κ1) is 22.0. The molecular formula is C26H23N3O4S. The number of nitro benzene ring substituents is 1. The highest BCUT2D eigenvalue weighted by Crippen LogP contribution is 2.51. The summed E-state index contributed by atoms with van der Waals surface area (Å²) in [6.45, 7) is 4.03. The van der Waals surface area contributed by atoms with Gasteiger partial charge in [0.25, 0.3) is 5.69 Å². The number of non-ortho nitro benzene ring substituents is 1. The number of hydrogen-bond donors (Lipinski definition) is 1. The molecule has 2 heterocycles. The third kappa shape index (κ3) is 3.90. The monoisotopic (exact) mass is 473 g/mol. The molecule has 2 N–H and O–H groups in total. The van der Waals surface area contributed by atoms with E-state index in [1.807, 2.05) is 49.6 Å². The molecule has 34 heavy (non-hydrogen) atoms. The molecule has 0 saturated heterocycles. The fourth-order valence-electron chi connectivity index (χ4n) is 4.68. The number of ketones is 1. The summed E-state index contributed by atoms with van der Waals surface area (Å²) in [5.74, 6) is 0.0863. The van der Waals surface area contributed by atoms with Crippen LogP contribution in [-0.2, 0) is 9.53 Å². The van der Waals surface area contributed by atoms with Gasteiger partial charge in [-0.1, -0.05) is 56.3 Å². The molecule has 0 spiro atoms. The zero-order valence-corrected chi connectivity index (χ0v) is 19.6. The van der Waals surface area contributed by atoms with E-state index in [0.29, 0.717) is 40.3 Å². The van der Waals surface area contributed by atoms with Gasteiger partial charge in [-0.3, -0.25) is 14.9 Å². The number of Topliss-reactive ketones (excluding diaryl/α,β-unsaturated/α-hetero) is 1. The van der Waals surface area contributed by atoms with Crippen molar-refractivity contribution in [1.82, 2.24) is 4.98 Å². The van der Waals surface area contributed by atoms with Gasteiger partial charge in [0.2, 0.25) is 0 Å². The Morgan fingerprint density at radius 1 is 1.12 bits per heavy atom. The molecule has 2 aromatic carbocycles. The number of thiazole rings is 1. The number of carbonyl (C=O) groups excluding carboxylic acids is 1. The number of aromatic nitrogens is 1. The van der Waals surface area contributed by atoms with Crippen LogP contribution in [0.15, 0.2) is 77.2 Å². The molecule has 3 aromatic rings. The van der Waals surface area contributed by atoms with Crippen LogP contribution in [0.25, 0.3) is 16.8 Å². The van der Waals surface area contributed by atoms with Crippen molar-refractivity contribution in [2.24, 2.45) is 11.1 Å². The Morgan fingerprint density at radius 3 is 2.62 bits per heavy atom. The molecule has 1 aromatic heterocycles. The summed E-state index contributed by atoms with van der Waals surface area (Å²) in [5, 5.41) is 14.1. The van der Waals surface area contributed by atoms with E-state index < -0.39 is 10.8 Å². The van der Waals surface area contributed by atoms with E-state index in [9.17, 15) is 14.9 Å². The Morgan fingerprint density at radius 2 is 1.88 bits per heavy atom. The van der Waals surface area contributed by atoms with Gasteiger partial charge in [0.05, 0.1) is 16.2 Å². The van der Waals surface area contributed by atoms with Crippen molar-refractivity contribution in [3.8, 4) is 11.3 Å². The van der Waals surface area contributed by atoms with Gasteiger partial charge in [0.1, 0.15) is 10.8 Å². The minimum Gasteiger partial charge on any atom is -0.445 e. The zero-order valence-electron chi connectivity index (χ0n) is 18.8. The summed E-state index contributed by atoms with van der Waals surface area (Å²) < 4.78 is 6.06. The molecule has 2 aliphatic rings. The summed E-state index contributed by atoms with van der Waals surface area (Å²) in [7, 11) is 0. The van der Waals surface area contributed by atoms with Crippen LogP contribution in [0.1, 0.15) is 43.2 Å². The fourth-order valence-corrected chi connectivity index (χ4v) is 5.59. The maximum atomic E-state index is 13.4. The number of benzene rings is 2. The van der Waals surface area contributed by atoms with Crippen LogP contribution in [-0.4, -0.2) is 15.7 Å². The summed E-state index contributed by atoms with van der Waals surface area (Å²) in [4.78, 5) is 29.3. The number of nitro groups is 1. The lowest BCUT2D eigenvalue weighted by atomic mass is 9.70. The molecule has 0 amide bonds.